The van der Waals surface area contributed by atoms with E-state index in [1.165, 1.54) is 13.6 Å². The molecule has 2 heteroatoms. The second-order valence-electron chi connectivity index (χ2n) is 2.09. The van der Waals surface area contributed by atoms with E-state index in [-0.39, 0.29) is 0 Å². The first-order valence-corrected chi connectivity index (χ1v) is 5.05. The fourth-order valence-electron chi connectivity index (χ4n) is 0.814. The van der Waals surface area contributed by atoms with Crippen LogP contribution < -0.4 is 0 Å². The van der Waals surface area contributed by atoms with Gasteiger partial charge in [-0.05, 0) is 52.8 Å². The van der Waals surface area contributed by atoms with Crippen LogP contribution in [0.4, 0.5) is 0 Å². The Kier molecular flexibility index (Phi) is 3.17. The first-order valence-electron chi connectivity index (χ1n) is 3.18. The van der Waals surface area contributed by atoms with E-state index < -0.39 is 0 Å². The number of benzene rings is 1. The predicted molar refractivity (Wildman–Crippen MR) is 56.2 cm³/mol. The van der Waals surface area contributed by atoms with Gasteiger partial charge in [-0.2, -0.15) is 0 Å². The molecule has 0 spiro atoms. The van der Waals surface area contributed by atoms with Crippen molar-refractivity contribution < 1.29 is 0 Å². The average Bonchev–Trinajstić information content (AvgIpc) is 1.94. The Bertz CT molecular complexity index is 233. The maximum atomic E-state index is 3.43. The molecule has 0 atom stereocenters. The van der Waals surface area contributed by atoms with Gasteiger partial charge in [-0.1, -0.05) is 22.9 Å². The molecule has 0 unspecified atom stereocenters. The number of hydrogen-bond donors (Lipinski definition) is 0. The summed E-state index contributed by atoms with van der Waals surface area (Å²) in [5, 5.41) is 0. The van der Waals surface area contributed by atoms with Gasteiger partial charge >= 0.3 is 0 Å². The predicted octanol–water partition coefficient (Wildman–Crippen LogP) is 3.62. The summed E-state index contributed by atoms with van der Waals surface area (Å²) in [4.78, 5) is 0. The third-order valence-electron chi connectivity index (χ3n) is 1.39. The molecule has 0 aliphatic rings. The fraction of sp³-hybridized carbons (Fsp3) is 0.250. The lowest BCUT2D eigenvalue weighted by molar-refractivity contribution is 1.12. The van der Waals surface area contributed by atoms with Crippen molar-refractivity contribution >= 4 is 38.5 Å². The zero-order chi connectivity index (χ0) is 7.56. The van der Waals surface area contributed by atoms with Crippen LogP contribution >= 0.6 is 38.5 Å². The Labute approximate surface area is 83.3 Å². The standard InChI is InChI=1S/C8H8BrI/c1-2-6-5-7(9)3-4-8(6)10/h3-5H,2H2,1H3. The molecular formula is C8H8BrI. The molecule has 0 amide bonds. The number of rotatable bonds is 1. The third-order valence-corrected chi connectivity index (χ3v) is 2.93. The normalized spacial score (nSPS) is 9.90. The number of halogens is 2. The molecular weight excluding hydrogens is 303 g/mol. The molecule has 0 saturated heterocycles. The van der Waals surface area contributed by atoms with Gasteiger partial charge in [0, 0.05) is 8.04 Å². The minimum atomic E-state index is 1.11. The van der Waals surface area contributed by atoms with Crippen LogP contribution in [0.25, 0.3) is 0 Å². The zero-order valence-electron chi connectivity index (χ0n) is 5.70. The summed E-state index contributed by atoms with van der Waals surface area (Å²) in [5.41, 5.74) is 1.41. The molecule has 1 aromatic rings. The lowest BCUT2D eigenvalue weighted by atomic mass is 10.2. The van der Waals surface area contributed by atoms with E-state index in [1.807, 2.05) is 0 Å². The van der Waals surface area contributed by atoms with Crippen LogP contribution in [0.1, 0.15) is 12.5 Å². The maximum Gasteiger partial charge on any atom is 0.0178 e. The van der Waals surface area contributed by atoms with Crippen molar-refractivity contribution in [3.8, 4) is 0 Å². The van der Waals surface area contributed by atoms with E-state index >= 15 is 0 Å². The Morgan fingerprint density at radius 2 is 2.20 bits per heavy atom. The van der Waals surface area contributed by atoms with Gasteiger partial charge in [0.1, 0.15) is 0 Å². The summed E-state index contributed by atoms with van der Waals surface area (Å²) < 4.78 is 2.52. The van der Waals surface area contributed by atoms with E-state index in [1.54, 1.807) is 0 Å². The Balaban J connectivity index is 3.09. The van der Waals surface area contributed by atoms with Crippen molar-refractivity contribution in [3.63, 3.8) is 0 Å². The maximum absolute atomic E-state index is 3.43. The molecule has 0 heterocycles. The molecule has 0 nitrogen and oxygen atoms in total. The monoisotopic (exact) mass is 310 g/mol. The van der Waals surface area contributed by atoms with Crippen molar-refractivity contribution in [2.45, 2.75) is 13.3 Å². The van der Waals surface area contributed by atoms with Crippen molar-refractivity contribution in [1.29, 1.82) is 0 Å². The Hall–Kier alpha value is 0.430. The van der Waals surface area contributed by atoms with Gasteiger partial charge in [-0.15, -0.1) is 0 Å². The summed E-state index contributed by atoms with van der Waals surface area (Å²) in [6, 6.07) is 6.37. The van der Waals surface area contributed by atoms with E-state index in [0.717, 1.165) is 6.42 Å². The van der Waals surface area contributed by atoms with Crippen molar-refractivity contribution in [1.82, 2.24) is 0 Å². The second kappa shape index (κ2) is 3.72. The van der Waals surface area contributed by atoms with Crippen molar-refractivity contribution in [2.24, 2.45) is 0 Å². The summed E-state index contributed by atoms with van der Waals surface area (Å²) in [6.45, 7) is 2.17. The topological polar surface area (TPSA) is 0 Å². The largest absolute Gasteiger partial charge is 0.0613 e. The smallest absolute Gasteiger partial charge is 0.0178 e. The molecule has 0 fully saturated rings. The molecule has 0 aliphatic carbocycles. The lowest BCUT2D eigenvalue weighted by Gasteiger charge is -1.99. The van der Waals surface area contributed by atoms with E-state index in [0.29, 0.717) is 0 Å². The average molecular weight is 311 g/mol. The number of aryl methyl sites for hydroxylation is 1. The molecule has 0 aliphatic heterocycles. The van der Waals surface area contributed by atoms with Gasteiger partial charge in [0.15, 0.2) is 0 Å². The van der Waals surface area contributed by atoms with Crippen LogP contribution in [0.15, 0.2) is 22.7 Å². The first-order chi connectivity index (χ1) is 4.74. The molecule has 1 aromatic carbocycles. The lowest BCUT2D eigenvalue weighted by Crippen LogP contribution is -1.84. The van der Waals surface area contributed by atoms with Gasteiger partial charge in [-0.25, -0.2) is 0 Å². The quantitative estimate of drug-likeness (QED) is 0.695. The SMILES string of the molecule is CCc1cc(Br)ccc1I. The summed E-state index contributed by atoms with van der Waals surface area (Å²) in [6.07, 6.45) is 1.11. The summed E-state index contributed by atoms with van der Waals surface area (Å²) >= 11 is 5.79. The minimum Gasteiger partial charge on any atom is -0.0613 e. The molecule has 10 heavy (non-hydrogen) atoms. The van der Waals surface area contributed by atoms with Gasteiger partial charge in [-0.3, -0.25) is 0 Å². The highest BCUT2D eigenvalue weighted by atomic mass is 127. The van der Waals surface area contributed by atoms with E-state index in [2.05, 4.69) is 63.6 Å². The third kappa shape index (κ3) is 1.95. The van der Waals surface area contributed by atoms with E-state index in [9.17, 15) is 0 Å². The summed E-state index contributed by atoms with van der Waals surface area (Å²) in [5.74, 6) is 0. The Morgan fingerprint density at radius 1 is 1.50 bits per heavy atom. The van der Waals surface area contributed by atoms with Crippen molar-refractivity contribution in [3.05, 3.63) is 31.8 Å². The molecule has 0 aromatic heterocycles. The van der Waals surface area contributed by atoms with Crippen LogP contribution in [0.5, 0.6) is 0 Å². The van der Waals surface area contributed by atoms with Crippen LogP contribution in [-0.4, -0.2) is 0 Å². The first kappa shape index (κ1) is 8.53. The van der Waals surface area contributed by atoms with Gasteiger partial charge in [0.05, 0.1) is 0 Å². The van der Waals surface area contributed by atoms with Crippen LogP contribution in [0.3, 0.4) is 0 Å². The van der Waals surface area contributed by atoms with Crippen LogP contribution in [0.2, 0.25) is 0 Å². The molecule has 0 bridgehead atoms. The van der Waals surface area contributed by atoms with Gasteiger partial charge in [0.2, 0.25) is 0 Å². The second-order valence-corrected chi connectivity index (χ2v) is 4.17. The highest BCUT2D eigenvalue weighted by molar-refractivity contribution is 14.1. The zero-order valence-corrected chi connectivity index (χ0v) is 9.44. The molecule has 0 saturated carbocycles. The summed E-state index contributed by atoms with van der Waals surface area (Å²) in [7, 11) is 0. The highest BCUT2D eigenvalue weighted by Crippen LogP contribution is 2.18. The van der Waals surface area contributed by atoms with Gasteiger partial charge < -0.3 is 0 Å². The van der Waals surface area contributed by atoms with Crippen LogP contribution in [-0.2, 0) is 6.42 Å². The van der Waals surface area contributed by atoms with Gasteiger partial charge in [0.25, 0.3) is 0 Å². The van der Waals surface area contributed by atoms with E-state index in [4.69, 9.17) is 0 Å². The molecule has 0 radical (unpaired) electrons. The fourth-order valence-corrected chi connectivity index (χ4v) is 1.94. The number of hydrogen-bond acceptors (Lipinski definition) is 0. The Morgan fingerprint density at radius 3 is 2.70 bits per heavy atom. The molecule has 0 N–H and O–H groups in total. The molecule has 1 rings (SSSR count). The molecule has 54 valence electrons. The van der Waals surface area contributed by atoms with Crippen molar-refractivity contribution in [2.75, 3.05) is 0 Å². The van der Waals surface area contributed by atoms with Crippen LogP contribution in [0, 0.1) is 3.57 Å². The highest BCUT2D eigenvalue weighted by Gasteiger charge is 1.95. The minimum absolute atomic E-state index is 1.11.